The van der Waals surface area contributed by atoms with Crippen LogP contribution >= 0.6 is 0 Å². The summed E-state index contributed by atoms with van der Waals surface area (Å²) in [5.41, 5.74) is -0.662. The maximum Gasteiger partial charge on any atom is 0.422 e. The molecule has 0 atom stereocenters. The second-order valence-electron chi connectivity index (χ2n) is 6.00. The SMILES string of the molecule is CCC(C)(C)C(=O)Oc1ccc(OCC(=O)OCC(F)(F)F)c(OC)c1. The fraction of sp³-hybridized carbons (Fsp3) is 0.529. The van der Waals surface area contributed by atoms with Crippen LogP contribution in [0.3, 0.4) is 0 Å². The lowest BCUT2D eigenvalue weighted by atomic mass is 9.91. The van der Waals surface area contributed by atoms with E-state index in [2.05, 4.69) is 4.74 Å². The fourth-order valence-corrected chi connectivity index (χ4v) is 1.56. The van der Waals surface area contributed by atoms with E-state index in [1.807, 2.05) is 6.92 Å². The Hall–Kier alpha value is -2.45. The second-order valence-corrected chi connectivity index (χ2v) is 6.00. The van der Waals surface area contributed by atoms with E-state index in [1.54, 1.807) is 13.8 Å². The molecule has 0 spiro atoms. The number of hydrogen-bond donors (Lipinski definition) is 0. The van der Waals surface area contributed by atoms with Crippen molar-refractivity contribution >= 4 is 11.9 Å². The second kappa shape index (κ2) is 8.77. The van der Waals surface area contributed by atoms with Crippen molar-refractivity contribution in [3.63, 3.8) is 0 Å². The Morgan fingerprint density at radius 2 is 1.77 bits per heavy atom. The summed E-state index contributed by atoms with van der Waals surface area (Å²) in [6.07, 6.45) is -4.02. The maximum atomic E-state index is 12.1. The first-order chi connectivity index (χ1) is 12.0. The number of carbonyl (C=O) groups is 2. The summed E-state index contributed by atoms with van der Waals surface area (Å²) in [7, 11) is 1.33. The summed E-state index contributed by atoms with van der Waals surface area (Å²) in [6, 6.07) is 4.17. The summed E-state index contributed by atoms with van der Waals surface area (Å²) >= 11 is 0. The van der Waals surface area contributed by atoms with Crippen molar-refractivity contribution in [3.05, 3.63) is 18.2 Å². The molecule has 9 heteroatoms. The highest BCUT2D eigenvalue weighted by Gasteiger charge is 2.30. The van der Waals surface area contributed by atoms with E-state index in [0.29, 0.717) is 6.42 Å². The van der Waals surface area contributed by atoms with Gasteiger partial charge in [0.2, 0.25) is 0 Å². The maximum absolute atomic E-state index is 12.1. The zero-order valence-corrected chi connectivity index (χ0v) is 14.9. The molecule has 146 valence electrons. The van der Waals surface area contributed by atoms with Gasteiger partial charge in [-0.15, -0.1) is 0 Å². The van der Waals surface area contributed by atoms with Gasteiger partial charge >= 0.3 is 18.1 Å². The molecule has 0 unspecified atom stereocenters. The lowest BCUT2D eigenvalue weighted by Crippen LogP contribution is -2.28. The van der Waals surface area contributed by atoms with Crippen LogP contribution in [0.5, 0.6) is 17.2 Å². The smallest absolute Gasteiger partial charge is 0.422 e. The van der Waals surface area contributed by atoms with Crippen LogP contribution in [0.2, 0.25) is 0 Å². The molecule has 26 heavy (non-hydrogen) atoms. The largest absolute Gasteiger partial charge is 0.493 e. The molecule has 1 rings (SSSR count). The zero-order chi connectivity index (χ0) is 20.0. The molecule has 0 fully saturated rings. The first-order valence-electron chi connectivity index (χ1n) is 7.74. The van der Waals surface area contributed by atoms with Crippen LogP contribution in [0, 0.1) is 5.41 Å². The van der Waals surface area contributed by atoms with E-state index in [0.717, 1.165) is 0 Å². The molecule has 0 aliphatic heterocycles. The van der Waals surface area contributed by atoms with Crippen LogP contribution in [0.25, 0.3) is 0 Å². The standard InChI is InChI=1S/C17H21F3O6/c1-5-16(2,3)15(22)26-11-6-7-12(13(8-11)23-4)24-9-14(21)25-10-17(18,19)20/h6-8H,5,9-10H2,1-4H3. The van der Waals surface area contributed by atoms with Crippen molar-refractivity contribution in [1.82, 2.24) is 0 Å². The van der Waals surface area contributed by atoms with Crippen LogP contribution in [0.1, 0.15) is 27.2 Å². The predicted molar refractivity (Wildman–Crippen MR) is 85.2 cm³/mol. The molecule has 1 aromatic carbocycles. The Bertz CT molecular complexity index is 640. The van der Waals surface area contributed by atoms with Crippen LogP contribution < -0.4 is 14.2 Å². The minimum Gasteiger partial charge on any atom is -0.493 e. The summed E-state index contributed by atoms with van der Waals surface area (Å²) in [5, 5.41) is 0. The van der Waals surface area contributed by atoms with E-state index in [-0.39, 0.29) is 17.2 Å². The van der Waals surface area contributed by atoms with E-state index >= 15 is 0 Å². The van der Waals surface area contributed by atoms with Crippen LogP contribution in [-0.4, -0.2) is 38.4 Å². The highest BCUT2D eigenvalue weighted by Crippen LogP contribution is 2.32. The number of carbonyl (C=O) groups excluding carboxylic acids is 2. The fourth-order valence-electron chi connectivity index (χ4n) is 1.56. The number of hydrogen-bond acceptors (Lipinski definition) is 6. The van der Waals surface area contributed by atoms with Gasteiger partial charge in [-0.1, -0.05) is 6.92 Å². The van der Waals surface area contributed by atoms with E-state index < -0.39 is 36.7 Å². The van der Waals surface area contributed by atoms with Crippen LogP contribution in [-0.2, 0) is 14.3 Å². The van der Waals surface area contributed by atoms with Gasteiger partial charge in [0.1, 0.15) is 5.75 Å². The third-order valence-corrected chi connectivity index (χ3v) is 3.52. The third-order valence-electron chi connectivity index (χ3n) is 3.52. The van der Waals surface area contributed by atoms with Gasteiger partial charge in [-0.25, -0.2) is 4.79 Å². The molecule has 0 radical (unpaired) electrons. The average molecular weight is 378 g/mol. The topological polar surface area (TPSA) is 71.1 Å². The molecule has 0 aliphatic rings. The molecule has 0 bridgehead atoms. The van der Waals surface area contributed by atoms with Crippen molar-refractivity contribution in [2.24, 2.45) is 5.41 Å². The predicted octanol–water partition coefficient (Wildman–Crippen LogP) is 3.52. The minimum atomic E-state index is -4.61. The van der Waals surface area contributed by atoms with E-state index in [9.17, 15) is 22.8 Å². The van der Waals surface area contributed by atoms with Crippen molar-refractivity contribution in [3.8, 4) is 17.2 Å². The quantitative estimate of drug-likeness (QED) is 0.509. The third kappa shape index (κ3) is 6.81. The lowest BCUT2D eigenvalue weighted by molar-refractivity contribution is -0.187. The number of rotatable bonds is 8. The van der Waals surface area contributed by atoms with E-state index in [1.165, 1.54) is 25.3 Å². The molecular weight excluding hydrogens is 357 g/mol. The van der Waals surface area contributed by atoms with Crippen molar-refractivity contribution in [2.45, 2.75) is 33.4 Å². The highest BCUT2D eigenvalue weighted by atomic mass is 19.4. The number of halogens is 3. The molecule has 0 N–H and O–H groups in total. The van der Waals surface area contributed by atoms with Gasteiger partial charge in [0, 0.05) is 6.07 Å². The molecule has 0 aliphatic carbocycles. The monoisotopic (exact) mass is 378 g/mol. The average Bonchev–Trinajstić information content (AvgIpc) is 2.57. The molecule has 0 saturated carbocycles. The van der Waals surface area contributed by atoms with Gasteiger partial charge in [0.05, 0.1) is 12.5 Å². The number of esters is 2. The van der Waals surface area contributed by atoms with Gasteiger partial charge < -0.3 is 18.9 Å². The Kier molecular flexibility index (Phi) is 7.29. The lowest BCUT2D eigenvalue weighted by Gasteiger charge is -2.20. The first kappa shape index (κ1) is 21.6. The minimum absolute atomic E-state index is 0.0889. The van der Waals surface area contributed by atoms with E-state index in [4.69, 9.17) is 14.2 Å². The Morgan fingerprint density at radius 3 is 2.31 bits per heavy atom. The van der Waals surface area contributed by atoms with Crippen molar-refractivity contribution < 1.29 is 41.7 Å². The van der Waals surface area contributed by atoms with Crippen LogP contribution in [0.15, 0.2) is 18.2 Å². The molecule has 0 amide bonds. The Morgan fingerprint density at radius 1 is 1.12 bits per heavy atom. The number of ether oxygens (including phenoxy) is 4. The highest BCUT2D eigenvalue weighted by molar-refractivity contribution is 5.78. The normalized spacial score (nSPS) is 11.7. The summed E-state index contributed by atoms with van der Waals surface area (Å²) < 4.78 is 55.4. The summed E-state index contributed by atoms with van der Waals surface area (Å²) in [6.45, 7) is 2.94. The van der Waals surface area contributed by atoms with Gasteiger partial charge in [-0.2, -0.15) is 13.2 Å². The Balaban J connectivity index is 2.71. The number of alkyl halides is 3. The molecule has 0 saturated heterocycles. The van der Waals surface area contributed by atoms with Gasteiger partial charge in [0.15, 0.2) is 24.7 Å². The number of methoxy groups -OCH3 is 1. The molecule has 0 heterocycles. The number of benzene rings is 1. The molecular formula is C17H21F3O6. The summed E-state index contributed by atoms with van der Waals surface area (Å²) in [5.74, 6) is -1.16. The van der Waals surface area contributed by atoms with Gasteiger partial charge in [0.25, 0.3) is 0 Å². The molecule has 0 aromatic heterocycles. The van der Waals surface area contributed by atoms with Crippen molar-refractivity contribution in [1.29, 1.82) is 0 Å². The molecule has 6 nitrogen and oxygen atoms in total. The zero-order valence-electron chi connectivity index (χ0n) is 14.9. The van der Waals surface area contributed by atoms with Gasteiger partial charge in [-0.3, -0.25) is 4.79 Å². The van der Waals surface area contributed by atoms with Crippen molar-refractivity contribution in [2.75, 3.05) is 20.3 Å². The first-order valence-corrected chi connectivity index (χ1v) is 7.74. The van der Waals surface area contributed by atoms with Gasteiger partial charge in [-0.05, 0) is 32.4 Å². The van der Waals surface area contributed by atoms with Crippen LogP contribution in [0.4, 0.5) is 13.2 Å². The summed E-state index contributed by atoms with van der Waals surface area (Å²) in [4.78, 5) is 23.3. The Labute approximate surface area is 149 Å². The molecule has 1 aromatic rings.